The summed E-state index contributed by atoms with van der Waals surface area (Å²) in [7, 11) is 0. The lowest BCUT2D eigenvalue weighted by molar-refractivity contribution is -0.172. The SMILES string of the molecule is CC[C@@]1(O)C(=O)OCc2c1cc1n(c2=O)Cc2c-1nc1ccc(NC(=O)[C@H](C)NC(=O)[C@H](C)NC(=O)OC(C)(C)C)cc1c2N1CCCCC1. The van der Waals surface area contributed by atoms with Crippen LogP contribution < -0.4 is 26.4 Å². The van der Waals surface area contributed by atoms with Gasteiger partial charge in [0.1, 0.15) is 24.3 Å². The molecule has 266 valence electrons. The van der Waals surface area contributed by atoms with Gasteiger partial charge in [-0.15, -0.1) is 0 Å². The number of ether oxygens (including phenoxy) is 2. The van der Waals surface area contributed by atoms with Crippen LogP contribution in [-0.2, 0) is 42.6 Å². The summed E-state index contributed by atoms with van der Waals surface area (Å²) in [6.45, 7) is 11.5. The van der Waals surface area contributed by atoms with Crippen LogP contribution in [0.1, 0.15) is 83.9 Å². The molecule has 3 aliphatic rings. The number of amides is 3. The van der Waals surface area contributed by atoms with Gasteiger partial charge < -0.3 is 40.0 Å². The molecule has 1 saturated heterocycles. The van der Waals surface area contributed by atoms with Crippen LogP contribution in [0, 0.1) is 0 Å². The van der Waals surface area contributed by atoms with Gasteiger partial charge in [-0.25, -0.2) is 14.6 Å². The first kappa shape index (κ1) is 34.9. The van der Waals surface area contributed by atoms with Crippen molar-refractivity contribution in [2.45, 2.75) is 104 Å². The Kier molecular flexibility index (Phi) is 9.10. The van der Waals surface area contributed by atoms with Crippen molar-refractivity contribution in [3.8, 4) is 11.4 Å². The zero-order chi connectivity index (χ0) is 36.1. The van der Waals surface area contributed by atoms with Gasteiger partial charge in [-0.05, 0) is 84.6 Å². The summed E-state index contributed by atoms with van der Waals surface area (Å²) in [5.74, 6) is -1.78. The molecule has 50 heavy (non-hydrogen) atoms. The van der Waals surface area contributed by atoms with Crippen LogP contribution >= 0.6 is 0 Å². The largest absolute Gasteiger partial charge is 0.458 e. The standard InChI is InChI=1S/C36H44N6O8/c1-7-36(48)25-16-27-28-23(17-42(27)32(45)24(25)18-49-33(36)46)29(41-13-9-8-10-14-41)22-15-21(11-12-26(22)40-28)39-31(44)19(2)37-30(43)20(3)38-34(47)50-35(4,5)6/h11-12,15-16,19-20,48H,7-10,13-14,17-18H2,1-6H3,(H,37,43)(H,38,47)(H,39,44)/t19-,20-,36-/m0/s1. The minimum Gasteiger partial charge on any atom is -0.458 e. The average Bonchev–Trinajstić information content (AvgIpc) is 3.43. The number of nitrogens with one attached hydrogen (secondary N) is 3. The van der Waals surface area contributed by atoms with Crippen molar-refractivity contribution in [1.29, 1.82) is 0 Å². The molecule has 0 radical (unpaired) electrons. The van der Waals surface area contributed by atoms with E-state index in [1.54, 1.807) is 57.4 Å². The molecule has 6 rings (SSSR count). The Morgan fingerprint density at radius 2 is 1.72 bits per heavy atom. The van der Waals surface area contributed by atoms with Crippen LogP contribution in [-0.4, -0.2) is 69.3 Å². The number of pyridine rings is 2. The molecule has 0 saturated carbocycles. The molecule has 14 heteroatoms. The highest BCUT2D eigenvalue weighted by Gasteiger charge is 2.45. The fraction of sp³-hybridized carbons (Fsp3) is 0.500. The van der Waals surface area contributed by atoms with Crippen molar-refractivity contribution in [3.63, 3.8) is 0 Å². The van der Waals surface area contributed by atoms with Crippen LogP contribution in [0.5, 0.6) is 0 Å². The number of esters is 1. The number of fused-ring (bicyclic) bond motifs is 5. The first-order valence-corrected chi connectivity index (χ1v) is 17.1. The van der Waals surface area contributed by atoms with Gasteiger partial charge in [0.25, 0.3) is 5.56 Å². The van der Waals surface area contributed by atoms with Gasteiger partial charge in [0.05, 0.1) is 34.7 Å². The number of hydrogen-bond donors (Lipinski definition) is 4. The zero-order valence-corrected chi connectivity index (χ0v) is 29.3. The fourth-order valence-electron chi connectivity index (χ4n) is 6.82. The predicted octanol–water partition coefficient (Wildman–Crippen LogP) is 3.43. The Labute approximate surface area is 289 Å². The van der Waals surface area contributed by atoms with E-state index in [-0.39, 0.29) is 36.3 Å². The summed E-state index contributed by atoms with van der Waals surface area (Å²) >= 11 is 0. The summed E-state index contributed by atoms with van der Waals surface area (Å²) in [5.41, 5.74) is 1.59. The van der Waals surface area contributed by atoms with Gasteiger partial charge in [-0.3, -0.25) is 14.4 Å². The van der Waals surface area contributed by atoms with Gasteiger partial charge in [0, 0.05) is 35.3 Å². The van der Waals surface area contributed by atoms with Gasteiger partial charge in [-0.2, -0.15) is 0 Å². The monoisotopic (exact) mass is 688 g/mol. The van der Waals surface area contributed by atoms with E-state index in [0.29, 0.717) is 22.6 Å². The number of carbonyl (C=O) groups excluding carboxylic acids is 4. The lowest BCUT2D eigenvalue weighted by Crippen LogP contribution is -2.51. The number of carbonyl (C=O) groups is 4. The Morgan fingerprint density at radius 1 is 1.02 bits per heavy atom. The number of aromatic nitrogens is 2. The van der Waals surface area contributed by atoms with Crippen LogP contribution in [0.3, 0.4) is 0 Å². The third-order valence-electron chi connectivity index (χ3n) is 9.48. The van der Waals surface area contributed by atoms with E-state index in [2.05, 4.69) is 20.9 Å². The van der Waals surface area contributed by atoms with E-state index < -0.39 is 47.2 Å². The quantitative estimate of drug-likeness (QED) is 0.210. The Hall–Kier alpha value is -4.98. The Bertz CT molecular complexity index is 1960. The van der Waals surface area contributed by atoms with Crippen molar-refractivity contribution in [3.05, 3.63) is 51.3 Å². The topological polar surface area (TPSA) is 181 Å². The smallest absolute Gasteiger partial charge is 0.408 e. The zero-order valence-electron chi connectivity index (χ0n) is 29.3. The Balaban J connectivity index is 1.31. The minimum absolute atomic E-state index is 0.0531. The van der Waals surface area contributed by atoms with Crippen molar-refractivity contribution in [1.82, 2.24) is 20.2 Å². The number of anilines is 2. The van der Waals surface area contributed by atoms with Gasteiger partial charge in [0.15, 0.2) is 5.60 Å². The van der Waals surface area contributed by atoms with Gasteiger partial charge >= 0.3 is 12.1 Å². The molecule has 5 heterocycles. The molecule has 3 atom stereocenters. The third-order valence-corrected chi connectivity index (χ3v) is 9.48. The molecule has 3 aromatic rings. The summed E-state index contributed by atoms with van der Waals surface area (Å²) in [6.07, 6.45) is 2.42. The van der Waals surface area contributed by atoms with Crippen LogP contribution in [0.4, 0.5) is 16.2 Å². The number of alkyl carbamates (subject to hydrolysis) is 1. The molecular weight excluding hydrogens is 644 g/mol. The number of rotatable bonds is 7. The van der Waals surface area contributed by atoms with E-state index >= 15 is 0 Å². The summed E-state index contributed by atoms with van der Waals surface area (Å²) < 4.78 is 12.1. The number of hydrogen-bond acceptors (Lipinski definition) is 10. The van der Waals surface area contributed by atoms with E-state index in [1.165, 1.54) is 6.92 Å². The number of piperidine rings is 1. The molecule has 0 spiro atoms. The maximum absolute atomic E-state index is 13.8. The molecule has 1 aromatic carbocycles. The normalized spacial score (nSPS) is 19.4. The maximum atomic E-state index is 13.8. The maximum Gasteiger partial charge on any atom is 0.408 e. The number of benzene rings is 1. The van der Waals surface area contributed by atoms with Crippen molar-refractivity contribution < 1.29 is 33.8 Å². The highest BCUT2D eigenvalue weighted by molar-refractivity contribution is 6.03. The molecule has 2 aromatic heterocycles. The van der Waals surface area contributed by atoms with Gasteiger partial charge in [0.2, 0.25) is 11.8 Å². The highest BCUT2D eigenvalue weighted by Crippen LogP contribution is 2.44. The second-order valence-electron chi connectivity index (χ2n) is 14.3. The van der Waals surface area contributed by atoms with E-state index in [9.17, 15) is 29.1 Å². The molecule has 0 unspecified atom stereocenters. The van der Waals surface area contributed by atoms with Crippen molar-refractivity contribution >= 4 is 46.2 Å². The molecule has 0 aliphatic carbocycles. The highest BCUT2D eigenvalue weighted by atomic mass is 16.6. The van der Waals surface area contributed by atoms with E-state index in [1.807, 2.05) is 6.07 Å². The predicted molar refractivity (Wildman–Crippen MR) is 186 cm³/mol. The molecule has 4 N–H and O–H groups in total. The molecule has 3 aliphatic heterocycles. The first-order chi connectivity index (χ1) is 23.6. The van der Waals surface area contributed by atoms with Crippen LogP contribution in [0.25, 0.3) is 22.3 Å². The summed E-state index contributed by atoms with van der Waals surface area (Å²) in [5, 5.41) is 20.1. The second-order valence-corrected chi connectivity index (χ2v) is 14.3. The molecule has 14 nitrogen and oxygen atoms in total. The molecule has 3 amide bonds. The second kappa shape index (κ2) is 13.0. The summed E-state index contributed by atoms with van der Waals surface area (Å²) in [6, 6.07) is 5.22. The summed E-state index contributed by atoms with van der Waals surface area (Å²) in [4.78, 5) is 71.9. The average molecular weight is 689 g/mol. The number of nitrogens with zero attached hydrogens (tertiary/aromatic N) is 3. The van der Waals surface area contributed by atoms with E-state index in [4.69, 9.17) is 14.5 Å². The first-order valence-electron chi connectivity index (χ1n) is 17.1. The third kappa shape index (κ3) is 6.39. The van der Waals surface area contributed by atoms with Crippen LogP contribution in [0.2, 0.25) is 0 Å². The molecule has 1 fully saturated rings. The van der Waals surface area contributed by atoms with Gasteiger partial charge in [-0.1, -0.05) is 6.92 Å². The van der Waals surface area contributed by atoms with Crippen molar-refractivity contribution in [2.24, 2.45) is 0 Å². The molecular formula is C36H44N6O8. The lowest BCUT2D eigenvalue weighted by atomic mass is 9.86. The molecule has 0 bridgehead atoms. The Morgan fingerprint density at radius 3 is 2.40 bits per heavy atom. The van der Waals surface area contributed by atoms with E-state index in [0.717, 1.165) is 49.0 Å². The minimum atomic E-state index is -1.92. The van der Waals surface area contributed by atoms with Crippen molar-refractivity contribution in [2.75, 3.05) is 23.3 Å². The fourth-order valence-corrected chi connectivity index (χ4v) is 6.82. The number of cyclic esters (lactones) is 1. The van der Waals surface area contributed by atoms with Crippen LogP contribution in [0.15, 0.2) is 29.1 Å². The number of aliphatic hydroxyl groups is 1. The lowest BCUT2D eigenvalue weighted by Gasteiger charge is -2.31.